The topological polar surface area (TPSA) is 40.1 Å². The van der Waals surface area contributed by atoms with Crippen LogP contribution in [0, 0.1) is 0 Å². The molecule has 0 aromatic heterocycles. The summed E-state index contributed by atoms with van der Waals surface area (Å²) in [6, 6.07) is 0. The summed E-state index contributed by atoms with van der Waals surface area (Å²) in [6.07, 6.45) is 4.78. The zero-order valence-corrected chi connectivity index (χ0v) is 11.7. The number of rotatable bonds is 6. The number of hydrogen-bond acceptors (Lipinski definition) is 2. The van der Waals surface area contributed by atoms with Crippen LogP contribution in [-0.2, 0) is 4.79 Å². The number of carboxylic acid groups (broad SMARTS) is 1. The van der Waals surface area contributed by atoms with Crippen LogP contribution in [0.5, 0.6) is 0 Å². The van der Waals surface area contributed by atoms with Gasteiger partial charge in [-0.05, 0) is 6.42 Å². The number of aliphatic carboxylic acids is 1. The fraction of sp³-hybridized carbons (Fsp3) is 0.875. The van der Waals surface area contributed by atoms with E-state index in [9.17, 15) is 9.90 Å². The summed E-state index contributed by atoms with van der Waals surface area (Å²) in [5, 5.41) is 9.32. The normalized spacial score (nSPS) is 11.8. The van der Waals surface area contributed by atoms with E-state index in [-0.39, 0.29) is 51.4 Å². The van der Waals surface area contributed by atoms with Crippen molar-refractivity contribution in [3.63, 3.8) is 0 Å². The average Bonchev–Trinajstić information content (AvgIpc) is 1.97. The van der Waals surface area contributed by atoms with E-state index < -0.39 is 11.3 Å². The molecule has 0 fully saturated rings. The van der Waals surface area contributed by atoms with E-state index in [0.29, 0.717) is 6.42 Å². The van der Waals surface area contributed by atoms with E-state index in [0.717, 1.165) is 25.7 Å². The van der Waals surface area contributed by atoms with Crippen LogP contribution < -0.4 is 56.5 Å². The first kappa shape index (κ1) is 15.9. The third-order valence-electron chi connectivity index (χ3n) is 1.57. The van der Waals surface area contributed by atoms with Crippen LogP contribution in [0.15, 0.2) is 0 Å². The van der Waals surface area contributed by atoms with Crippen molar-refractivity contribution in [3.8, 4) is 0 Å². The number of alkyl halides is 1. The second-order valence-electron chi connectivity index (χ2n) is 2.64. The van der Waals surface area contributed by atoms with Gasteiger partial charge in [0.2, 0.25) is 0 Å². The molecule has 0 heterocycles. The minimum absolute atomic E-state index is 0. The molecular weight excluding hydrogens is 203 g/mol. The van der Waals surface area contributed by atoms with Gasteiger partial charge >= 0.3 is 51.4 Å². The standard InChI is InChI=1S/C8H15ClO2.K/c1-2-3-4-5-6-7(9)8(10)11;/h7H,2-6H2,1H3,(H,10,11);/q;+1/p-1. The molecule has 0 rings (SSSR count). The molecule has 0 radical (unpaired) electrons. The maximum Gasteiger partial charge on any atom is 1.00 e. The Morgan fingerprint density at radius 3 is 2.42 bits per heavy atom. The predicted octanol–water partition coefficient (Wildman–Crippen LogP) is -1.68. The Bertz CT molecular complexity index is 120. The molecule has 0 bridgehead atoms. The molecule has 1 atom stereocenters. The van der Waals surface area contributed by atoms with Gasteiger partial charge in [-0.15, -0.1) is 11.6 Å². The van der Waals surface area contributed by atoms with Crippen LogP contribution in [0.2, 0.25) is 0 Å². The van der Waals surface area contributed by atoms with Gasteiger partial charge < -0.3 is 9.90 Å². The van der Waals surface area contributed by atoms with Gasteiger partial charge in [0, 0.05) is 0 Å². The van der Waals surface area contributed by atoms with Crippen LogP contribution >= 0.6 is 11.6 Å². The Morgan fingerprint density at radius 1 is 1.42 bits per heavy atom. The molecule has 1 unspecified atom stereocenters. The van der Waals surface area contributed by atoms with Crippen LogP contribution in [-0.4, -0.2) is 11.3 Å². The molecule has 0 aliphatic carbocycles. The fourth-order valence-corrected chi connectivity index (χ4v) is 1.02. The fourth-order valence-electron chi connectivity index (χ4n) is 0.868. The van der Waals surface area contributed by atoms with E-state index in [1.165, 1.54) is 0 Å². The Labute approximate surface area is 121 Å². The second-order valence-corrected chi connectivity index (χ2v) is 3.16. The van der Waals surface area contributed by atoms with Crippen molar-refractivity contribution in [2.75, 3.05) is 0 Å². The van der Waals surface area contributed by atoms with Crippen LogP contribution in [0.25, 0.3) is 0 Å². The zero-order chi connectivity index (χ0) is 8.69. The summed E-state index contributed by atoms with van der Waals surface area (Å²) in [7, 11) is 0. The Kier molecular flexibility index (Phi) is 13.8. The molecule has 0 aliphatic heterocycles. The average molecular weight is 217 g/mol. The van der Waals surface area contributed by atoms with Crippen LogP contribution in [0.1, 0.15) is 39.0 Å². The maximum atomic E-state index is 10.1. The van der Waals surface area contributed by atoms with Gasteiger partial charge in [0.15, 0.2) is 0 Å². The van der Waals surface area contributed by atoms with Crippen molar-refractivity contribution in [1.82, 2.24) is 0 Å². The number of carbonyl (C=O) groups excluding carboxylic acids is 1. The van der Waals surface area contributed by atoms with E-state index in [1.54, 1.807) is 0 Å². The van der Waals surface area contributed by atoms with Gasteiger partial charge in [0.25, 0.3) is 0 Å². The summed E-state index contributed by atoms with van der Waals surface area (Å²) in [4.78, 5) is 10.1. The monoisotopic (exact) mass is 216 g/mol. The van der Waals surface area contributed by atoms with Crippen molar-refractivity contribution in [1.29, 1.82) is 0 Å². The number of hydrogen-bond donors (Lipinski definition) is 0. The predicted molar refractivity (Wildman–Crippen MR) is 43.4 cm³/mol. The molecule has 12 heavy (non-hydrogen) atoms. The molecule has 0 aliphatic rings. The molecule has 4 heteroatoms. The first-order valence-corrected chi connectivity index (χ1v) is 4.47. The summed E-state index contributed by atoms with van der Waals surface area (Å²) in [5.74, 6) is -1.15. The molecular formula is C8H14ClKO2. The van der Waals surface area contributed by atoms with E-state index >= 15 is 0 Å². The molecule has 0 aromatic carbocycles. The Morgan fingerprint density at radius 2 is 2.00 bits per heavy atom. The first-order chi connectivity index (χ1) is 5.18. The van der Waals surface area contributed by atoms with Gasteiger partial charge in [0.05, 0.1) is 11.3 Å². The quantitative estimate of drug-likeness (QED) is 0.302. The SMILES string of the molecule is CCCCCCC(Cl)C(=O)[O-].[K+]. The van der Waals surface area contributed by atoms with Gasteiger partial charge in [-0.2, -0.15) is 0 Å². The maximum absolute atomic E-state index is 10.1. The summed E-state index contributed by atoms with van der Waals surface area (Å²) < 4.78 is 0. The molecule has 0 amide bonds. The zero-order valence-electron chi connectivity index (χ0n) is 7.81. The molecule has 66 valence electrons. The molecule has 0 N–H and O–H groups in total. The first-order valence-electron chi connectivity index (χ1n) is 4.03. The van der Waals surface area contributed by atoms with Crippen LogP contribution in [0.3, 0.4) is 0 Å². The minimum atomic E-state index is -1.15. The van der Waals surface area contributed by atoms with Gasteiger partial charge in [-0.25, -0.2) is 0 Å². The molecule has 0 saturated carbocycles. The summed E-state index contributed by atoms with van der Waals surface area (Å²) in [6.45, 7) is 2.11. The number of unbranched alkanes of at least 4 members (excludes halogenated alkanes) is 3. The number of halogens is 1. The summed E-state index contributed by atoms with van der Waals surface area (Å²) in [5.41, 5.74) is 0. The third-order valence-corrected chi connectivity index (χ3v) is 1.96. The largest absolute Gasteiger partial charge is 1.00 e. The molecule has 0 saturated heterocycles. The van der Waals surface area contributed by atoms with Gasteiger partial charge in [-0.3, -0.25) is 0 Å². The van der Waals surface area contributed by atoms with Crippen molar-refractivity contribution in [3.05, 3.63) is 0 Å². The van der Waals surface area contributed by atoms with E-state index in [2.05, 4.69) is 6.92 Å². The van der Waals surface area contributed by atoms with Crippen LogP contribution in [0.4, 0.5) is 0 Å². The van der Waals surface area contributed by atoms with Crippen molar-refractivity contribution < 1.29 is 61.3 Å². The smallest absolute Gasteiger partial charge is 0.549 e. The molecule has 0 aromatic rings. The number of carbonyl (C=O) groups is 1. The van der Waals surface area contributed by atoms with Crippen molar-refractivity contribution in [2.45, 2.75) is 44.4 Å². The van der Waals surface area contributed by atoms with Crippen molar-refractivity contribution >= 4 is 17.6 Å². The molecule has 2 nitrogen and oxygen atoms in total. The van der Waals surface area contributed by atoms with E-state index in [1.807, 2.05) is 0 Å². The van der Waals surface area contributed by atoms with Gasteiger partial charge in [-0.1, -0.05) is 32.6 Å². The number of carboxylic acids is 1. The summed E-state index contributed by atoms with van der Waals surface area (Å²) >= 11 is 5.43. The Balaban J connectivity index is 0. The van der Waals surface area contributed by atoms with Gasteiger partial charge in [0.1, 0.15) is 0 Å². The van der Waals surface area contributed by atoms with Crippen molar-refractivity contribution in [2.24, 2.45) is 0 Å². The minimum Gasteiger partial charge on any atom is -0.549 e. The third kappa shape index (κ3) is 9.48. The Hall–Kier alpha value is 1.40. The second kappa shape index (κ2) is 10.5. The molecule has 0 spiro atoms. The van der Waals surface area contributed by atoms with E-state index in [4.69, 9.17) is 11.6 Å².